The Labute approximate surface area is 182 Å². The van der Waals surface area contributed by atoms with E-state index in [0.717, 1.165) is 29.1 Å². The van der Waals surface area contributed by atoms with Crippen LogP contribution in [0.3, 0.4) is 0 Å². The number of nitrogens with zero attached hydrogens (tertiary/aromatic N) is 3. The highest BCUT2D eigenvalue weighted by Crippen LogP contribution is 2.16. The Bertz CT molecular complexity index is 1010. The van der Waals surface area contributed by atoms with Crippen molar-refractivity contribution in [1.82, 2.24) is 15.0 Å². The second kappa shape index (κ2) is 13.2. The van der Waals surface area contributed by atoms with Crippen LogP contribution in [-0.2, 0) is 11.3 Å². The highest BCUT2D eigenvalue weighted by Gasteiger charge is 1.99. The number of aromatic nitrogens is 3. The van der Waals surface area contributed by atoms with E-state index < -0.39 is 0 Å². The molecule has 0 saturated carbocycles. The summed E-state index contributed by atoms with van der Waals surface area (Å²) in [5.41, 5.74) is 9.22. The van der Waals surface area contributed by atoms with E-state index >= 15 is 0 Å². The normalized spacial score (nSPS) is 9.35. The molecule has 0 aliphatic carbocycles. The zero-order valence-electron chi connectivity index (χ0n) is 17.6. The number of nitrogens with two attached hydrogens (primary N) is 1. The van der Waals surface area contributed by atoms with E-state index in [4.69, 9.17) is 10.5 Å². The summed E-state index contributed by atoms with van der Waals surface area (Å²) in [5, 5.41) is 5.81. The molecule has 8 heteroatoms. The van der Waals surface area contributed by atoms with Crippen molar-refractivity contribution in [2.75, 3.05) is 23.0 Å². The van der Waals surface area contributed by atoms with Gasteiger partial charge in [-0.1, -0.05) is 25.0 Å². The Hall–Kier alpha value is -4.12. The van der Waals surface area contributed by atoms with E-state index in [1.165, 1.54) is 0 Å². The predicted molar refractivity (Wildman–Crippen MR) is 122 cm³/mol. The molecule has 8 nitrogen and oxygen atoms in total. The number of hydrogen-bond acceptors (Lipinski definition) is 7. The Morgan fingerprint density at radius 3 is 2.71 bits per heavy atom. The maximum Gasteiger partial charge on any atom is 0.233 e. The van der Waals surface area contributed by atoms with E-state index in [2.05, 4.69) is 37.4 Å². The lowest BCUT2D eigenvalue weighted by molar-refractivity contribution is -0.105. The average molecular weight is 419 g/mol. The smallest absolute Gasteiger partial charge is 0.233 e. The molecule has 0 radical (unpaired) electrons. The van der Waals surface area contributed by atoms with E-state index in [-0.39, 0.29) is 0 Å². The Balaban J connectivity index is 0.000000233. The van der Waals surface area contributed by atoms with Crippen molar-refractivity contribution >= 4 is 23.6 Å². The largest absolute Gasteiger partial charge is 0.463 e. The summed E-state index contributed by atoms with van der Waals surface area (Å²) in [6.45, 7) is 4.88. The maximum absolute atomic E-state index is 10.4. The number of hydrogen-bond donors (Lipinski definition) is 3. The monoisotopic (exact) mass is 418 g/mol. The Kier molecular flexibility index (Phi) is 9.84. The molecule has 0 fully saturated rings. The maximum atomic E-state index is 10.4. The van der Waals surface area contributed by atoms with Crippen LogP contribution in [0.25, 0.3) is 0 Å². The second-order valence-corrected chi connectivity index (χ2v) is 6.24. The standard InChI is InChI=1S/C13H14N4O.C10H12N2O/c14-13-12(5-2-6-15-13)16-8-10-3-1-4-11(7-10)17-9-18;1-3-4-5-6-13-10-8-11-9(2)7-12-10/h1-7,9,16H,8H2,(H2,14,15)(H,17,18);7-8H,3,6H2,1-2H3. The molecule has 2 aromatic heterocycles. The van der Waals surface area contributed by atoms with Crippen molar-refractivity contribution in [2.45, 2.75) is 26.8 Å². The molecule has 1 aromatic carbocycles. The molecule has 3 rings (SSSR count). The van der Waals surface area contributed by atoms with Crippen LogP contribution >= 0.6 is 0 Å². The number of carbonyl (C=O) groups is 1. The van der Waals surface area contributed by atoms with Gasteiger partial charge in [0, 0.05) is 24.8 Å². The third-order valence-corrected chi connectivity index (χ3v) is 3.83. The molecule has 2 heterocycles. The summed E-state index contributed by atoms with van der Waals surface area (Å²) < 4.78 is 5.22. The number of anilines is 3. The van der Waals surface area contributed by atoms with Gasteiger partial charge in [-0.05, 0) is 36.8 Å². The van der Waals surface area contributed by atoms with Crippen LogP contribution in [-0.4, -0.2) is 28.0 Å². The number of aryl methyl sites for hydroxylation is 1. The molecular formula is C23H26N6O2. The third-order valence-electron chi connectivity index (χ3n) is 3.83. The number of pyridine rings is 1. The van der Waals surface area contributed by atoms with Crippen LogP contribution in [0, 0.1) is 18.8 Å². The van der Waals surface area contributed by atoms with Gasteiger partial charge in [-0.15, -0.1) is 5.92 Å². The van der Waals surface area contributed by atoms with Crippen LogP contribution in [0.1, 0.15) is 24.6 Å². The van der Waals surface area contributed by atoms with Crippen molar-refractivity contribution in [2.24, 2.45) is 0 Å². The van der Waals surface area contributed by atoms with Crippen molar-refractivity contribution in [1.29, 1.82) is 0 Å². The first-order chi connectivity index (χ1) is 15.1. The lowest BCUT2D eigenvalue weighted by Crippen LogP contribution is -2.04. The van der Waals surface area contributed by atoms with Gasteiger partial charge in [0.15, 0.2) is 6.61 Å². The molecule has 0 unspecified atom stereocenters. The Morgan fingerprint density at radius 2 is 2.00 bits per heavy atom. The molecule has 0 atom stereocenters. The SMILES string of the molecule is CCC#CCOc1cnc(C)cn1.Nc1ncccc1NCc1cccc(NC=O)c1. The summed E-state index contributed by atoms with van der Waals surface area (Å²) in [7, 11) is 0. The second-order valence-electron chi connectivity index (χ2n) is 6.24. The molecule has 4 N–H and O–H groups in total. The zero-order chi connectivity index (χ0) is 22.3. The van der Waals surface area contributed by atoms with E-state index in [0.29, 0.717) is 31.3 Å². The van der Waals surface area contributed by atoms with Crippen LogP contribution in [0.4, 0.5) is 17.2 Å². The fourth-order valence-electron chi connectivity index (χ4n) is 2.34. The third kappa shape index (κ3) is 8.83. The van der Waals surface area contributed by atoms with Gasteiger partial charge in [-0.2, -0.15) is 0 Å². The highest BCUT2D eigenvalue weighted by molar-refractivity contribution is 5.71. The van der Waals surface area contributed by atoms with Crippen molar-refractivity contribution in [3.8, 4) is 17.7 Å². The van der Waals surface area contributed by atoms with Gasteiger partial charge in [0.1, 0.15) is 5.82 Å². The van der Waals surface area contributed by atoms with Gasteiger partial charge < -0.3 is 21.1 Å². The van der Waals surface area contributed by atoms with Gasteiger partial charge in [-0.3, -0.25) is 9.78 Å². The first-order valence-electron chi connectivity index (χ1n) is 9.73. The summed E-state index contributed by atoms with van der Waals surface area (Å²) in [5.74, 6) is 6.76. The van der Waals surface area contributed by atoms with Crippen LogP contribution in [0.15, 0.2) is 55.0 Å². The number of nitrogen functional groups attached to an aromatic ring is 1. The minimum Gasteiger partial charge on any atom is -0.463 e. The summed E-state index contributed by atoms with van der Waals surface area (Å²) in [6.07, 6.45) is 6.43. The molecule has 1 amide bonds. The van der Waals surface area contributed by atoms with Crippen LogP contribution in [0.2, 0.25) is 0 Å². The number of carbonyl (C=O) groups excluding carboxylic acids is 1. The molecule has 0 aliphatic rings. The molecule has 160 valence electrons. The first kappa shape index (κ1) is 23.2. The molecule has 31 heavy (non-hydrogen) atoms. The van der Waals surface area contributed by atoms with Gasteiger partial charge in [0.25, 0.3) is 0 Å². The number of rotatable bonds is 7. The first-order valence-corrected chi connectivity index (χ1v) is 9.73. The fourth-order valence-corrected chi connectivity index (χ4v) is 2.34. The van der Waals surface area contributed by atoms with Crippen molar-refractivity contribution in [3.63, 3.8) is 0 Å². The van der Waals surface area contributed by atoms with Gasteiger partial charge in [0.2, 0.25) is 12.3 Å². The Morgan fingerprint density at radius 1 is 1.13 bits per heavy atom. The van der Waals surface area contributed by atoms with Crippen LogP contribution < -0.4 is 21.1 Å². The number of amides is 1. The number of ether oxygens (including phenoxy) is 1. The lowest BCUT2D eigenvalue weighted by atomic mass is 10.2. The minimum atomic E-state index is 0.381. The van der Waals surface area contributed by atoms with Crippen molar-refractivity contribution in [3.05, 3.63) is 66.2 Å². The molecule has 0 saturated heterocycles. The van der Waals surface area contributed by atoms with E-state index in [1.54, 1.807) is 18.6 Å². The summed E-state index contributed by atoms with van der Waals surface area (Å²) >= 11 is 0. The summed E-state index contributed by atoms with van der Waals surface area (Å²) in [4.78, 5) is 22.4. The summed E-state index contributed by atoms with van der Waals surface area (Å²) in [6, 6.07) is 11.3. The molecule has 0 spiro atoms. The predicted octanol–water partition coefficient (Wildman–Crippen LogP) is 3.42. The van der Waals surface area contributed by atoms with Gasteiger partial charge in [-0.25, -0.2) is 9.97 Å². The van der Waals surface area contributed by atoms with Gasteiger partial charge >= 0.3 is 0 Å². The molecule has 3 aromatic rings. The molecule has 0 bridgehead atoms. The lowest BCUT2D eigenvalue weighted by Gasteiger charge is -2.09. The zero-order valence-corrected chi connectivity index (χ0v) is 17.6. The minimum absolute atomic E-state index is 0.381. The average Bonchev–Trinajstić information content (AvgIpc) is 2.78. The van der Waals surface area contributed by atoms with E-state index in [9.17, 15) is 4.79 Å². The van der Waals surface area contributed by atoms with E-state index in [1.807, 2.05) is 50.2 Å². The quantitative estimate of drug-likeness (QED) is 0.398. The number of nitrogens with one attached hydrogen (secondary N) is 2. The molecular weight excluding hydrogens is 392 g/mol. The van der Waals surface area contributed by atoms with Crippen LogP contribution in [0.5, 0.6) is 5.88 Å². The fraction of sp³-hybridized carbons (Fsp3) is 0.217. The van der Waals surface area contributed by atoms with Crippen molar-refractivity contribution < 1.29 is 9.53 Å². The number of benzene rings is 1. The van der Waals surface area contributed by atoms with Gasteiger partial charge in [0.05, 0.1) is 23.8 Å². The molecule has 0 aliphatic heterocycles. The highest BCUT2D eigenvalue weighted by atomic mass is 16.5. The topological polar surface area (TPSA) is 115 Å².